The van der Waals surface area contributed by atoms with Crippen LogP contribution in [0.15, 0.2) is 6.20 Å². The summed E-state index contributed by atoms with van der Waals surface area (Å²) in [6, 6.07) is 0. The molecule has 1 amide bonds. The minimum atomic E-state index is -4.62. The second-order valence-corrected chi connectivity index (χ2v) is 6.20. The highest BCUT2D eigenvalue weighted by Crippen LogP contribution is 2.30. The molecule has 1 unspecified atom stereocenters. The van der Waals surface area contributed by atoms with Gasteiger partial charge in [-0.1, -0.05) is 11.6 Å². The van der Waals surface area contributed by atoms with Crippen LogP contribution in [0, 0.1) is 5.92 Å². The molecule has 19 heavy (non-hydrogen) atoms. The van der Waals surface area contributed by atoms with E-state index in [0.29, 0.717) is 0 Å². The maximum absolute atomic E-state index is 12.6. The smallest absolute Gasteiger partial charge is 0.302 e. The van der Waals surface area contributed by atoms with Crippen molar-refractivity contribution in [2.24, 2.45) is 5.92 Å². The fourth-order valence-corrected chi connectivity index (χ4v) is 3.12. The molecule has 10 heteroatoms. The van der Waals surface area contributed by atoms with Crippen LogP contribution in [0.4, 0.5) is 9.57 Å². The third kappa shape index (κ3) is 3.52. The van der Waals surface area contributed by atoms with E-state index in [4.69, 9.17) is 23.2 Å². The molecule has 104 valence electrons. The van der Waals surface area contributed by atoms with Gasteiger partial charge in [0.25, 0.3) is 0 Å². The molecule has 2 rings (SSSR count). The third-order valence-electron chi connectivity index (χ3n) is 2.63. The van der Waals surface area contributed by atoms with Crippen molar-refractivity contribution in [2.75, 3.05) is 17.2 Å². The first-order valence-corrected chi connectivity index (χ1v) is 7.48. The molecule has 1 atom stereocenters. The first-order chi connectivity index (χ1) is 8.76. The highest BCUT2D eigenvalue weighted by Gasteiger charge is 2.34. The van der Waals surface area contributed by atoms with Crippen molar-refractivity contribution in [3.8, 4) is 0 Å². The van der Waals surface area contributed by atoms with Gasteiger partial charge in [0.05, 0.1) is 17.6 Å². The number of amides is 1. The summed E-state index contributed by atoms with van der Waals surface area (Å²) in [5.74, 6) is -1.67. The van der Waals surface area contributed by atoms with Gasteiger partial charge in [-0.05, 0) is 11.6 Å². The van der Waals surface area contributed by atoms with E-state index in [1.54, 1.807) is 0 Å². The average Bonchev–Trinajstić information content (AvgIpc) is 2.56. The molecule has 0 aromatic carbocycles. The monoisotopic (exact) mass is 327 g/mol. The Hall–Kier alpha value is -0.990. The number of aromatic nitrogens is 2. The molecule has 1 aromatic heterocycles. The van der Waals surface area contributed by atoms with Crippen LogP contribution in [-0.2, 0) is 15.0 Å². The van der Waals surface area contributed by atoms with Crippen LogP contribution in [0.25, 0.3) is 0 Å². The van der Waals surface area contributed by atoms with Gasteiger partial charge in [-0.3, -0.25) is 4.79 Å². The van der Waals surface area contributed by atoms with Gasteiger partial charge in [0.15, 0.2) is 5.15 Å². The molecule has 0 spiro atoms. The van der Waals surface area contributed by atoms with Crippen LogP contribution in [0.2, 0.25) is 10.4 Å². The van der Waals surface area contributed by atoms with Gasteiger partial charge in [0, 0.05) is 18.9 Å². The lowest BCUT2D eigenvalue weighted by atomic mass is 10.1. The number of hydrogen-bond donors (Lipinski definition) is 0. The van der Waals surface area contributed by atoms with Crippen molar-refractivity contribution in [3.05, 3.63) is 16.6 Å². The summed E-state index contributed by atoms with van der Waals surface area (Å²) in [5.41, 5.74) is 0.231. The minimum absolute atomic E-state index is 0.0166. The standard InChI is InChI=1S/C9H8Cl2FN3O3S/c10-8-6(2-13-9(11)14-8)15-3-5(1-7(15)16)4-19(12,17)18/h2,5H,1,3-4H2. The Labute approximate surface area is 118 Å². The molecule has 2 heterocycles. The Balaban J connectivity index is 2.20. The van der Waals surface area contributed by atoms with E-state index in [9.17, 15) is 17.1 Å². The van der Waals surface area contributed by atoms with Crippen molar-refractivity contribution in [2.45, 2.75) is 6.42 Å². The minimum Gasteiger partial charge on any atom is -0.308 e. The van der Waals surface area contributed by atoms with Crippen LogP contribution < -0.4 is 4.90 Å². The quantitative estimate of drug-likeness (QED) is 0.476. The molecule has 1 saturated heterocycles. The Morgan fingerprint density at radius 1 is 1.47 bits per heavy atom. The van der Waals surface area contributed by atoms with Crippen molar-refractivity contribution >= 4 is 45.0 Å². The predicted molar refractivity (Wildman–Crippen MR) is 67.4 cm³/mol. The normalized spacial score (nSPS) is 20.1. The van der Waals surface area contributed by atoms with E-state index in [1.807, 2.05) is 0 Å². The van der Waals surface area contributed by atoms with Crippen molar-refractivity contribution in [3.63, 3.8) is 0 Å². The summed E-state index contributed by atoms with van der Waals surface area (Å²) in [5, 5.41) is -0.0830. The zero-order chi connectivity index (χ0) is 14.2. The Morgan fingerprint density at radius 2 is 2.16 bits per heavy atom. The topological polar surface area (TPSA) is 80.2 Å². The van der Waals surface area contributed by atoms with Crippen LogP contribution >= 0.6 is 23.2 Å². The van der Waals surface area contributed by atoms with Gasteiger partial charge in [-0.25, -0.2) is 9.97 Å². The third-order valence-corrected chi connectivity index (χ3v) is 3.96. The first kappa shape index (κ1) is 14.4. The van der Waals surface area contributed by atoms with Gasteiger partial charge < -0.3 is 4.90 Å². The molecule has 1 aliphatic rings. The number of hydrogen-bond acceptors (Lipinski definition) is 5. The lowest BCUT2D eigenvalue weighted by molar-refractivity contribution is -0.117. The second-order valence-electron chi connectivity index (χ2n) is 4.10. The maximum Gasteiger partial charge on any atom is 0.302 e. The van der Waals surface area contributed by atoms with Crippen molar-refractivity contribution < 1.29 is 17.1 Å². The van der Waals surface area contributed by atoms with E-state index in [1.165, 1.54) is 11.1 Å². The molecule has 0 bridgehead atoms. The Morgan fingerprint density at radius 3 is 2.74 bits per heavy atom. The molecule has 0 saturated carbocycles. The van der Waals surface area contributed by atoms with Crippen LogP contribution in [-0.4, -0.2) is 36.6 Å². The maximum atomic E-state index is 12.6. The van der Waals surface area contributed by atoms with Crippen LogP contribution in [0.3, 0.4) is 0 Å². The zero-order valence-corrected chi connectivity index (χ0v) is 11.7. The molecular weight excluding hydrogens is 320 g/mol. The summed E-state index contributed by atoms with van der Waals surface area (Å²) < 4.78 is 33.8. The lowest BCUT2D eigenvalue weighted by Gasteiger charge is -2.16. The SMILES string of the molecule is O=C1CC(CS(=O)(=O)F)CN1c1cnc(Cl)nc1Cl. The van der Waals surface area contributed by atoms with E-state index in [2.05, 4.69) is 9.97 Å². The van der Waals surface area contributed by atoms with Gasteiger partial charge in [0.2, 0.25) is 11.2 Å². The van der Waals surface area contributed by atoms with Gasteiger partial charge in [-0.2, -0.15) is 8.42 Å². The van der Waals surface area contributed by atoms with Crippen LogP contribution in [0.5, 0.6) is 0 Å². The number of carbonyl (C=O) groups is 1. The van der Waals surface area contributed by atoms with Gasteiger partial charge in [0.1, 0.15) is 0 Å². The predicted octanol–water partition coefficient (Wildman–Crippen LogP) is 1.44. The molecule has 1 aromatic rings. The summed E-state index contributed by atoms with van der Waals surface area (Å²) in [4.78, 5) is 20.4. The average molecular weight is 328 g/mol. The van der Waals surface area contributed by atoms with E-state index >= 15 is 0 Å². The second kappa shape index (κ2) is 5.18. The molecule has 1 aliphatic heterocycles. The first-order valence-electron chi connectivity index (χ1n) is 5.17. The van der Waals surface area contributed by atoms with Gasteiger partial charge >= 0.3 is 10.2 Å². The molecule has 0 aliphatic carbocycles. The summed E-state index contributed by atoms with van der Waals surface area (Å²) in [6.45, 7) is 0.0483. The molecule has 6 nitrogen and oxygen atoms in total. The summed E-state index contributed by atoms with van der Waals surface area (Å²) in [7, 11) is -4.62. The highest BCUT2D eigenvalue weighted by atomic mass is 35.5. The van der Waals surface area contributed by atoms with Crippen molar-refractivity contribution in [1.29, 1.82) is 0 Å². The van der Waals surface area contributed by atoms with Crippen molar-refractivity contribution in [1.82, 2.24) is 9.97 Å². The molecular formula is C9H8Cl2FN3O3S. The molecule has 0 radical (unpaired) electrons. The molecule has 0 N–H and O–H groups in total. The highest BCUT2D eigenvalue weighted by molar-refractivity contribution is 7.86. The number of nitrogens with zero attached hydrogens (tertiary/aromatic N) is 3. The number of halogens is 3. The van der Waals surface area contributed by atoms with E-state index < -0.39 is 21.9 Å². The van der Waals surface area contributed by atoms with Gasteiger partial charge in [-0.15, -0.1) is 3.89 Å². The number of rotatable bonds is 3. The lowest BCUT2D eigenvalue weighted by Crippen LogP contribution is -2.26. The number of carbonyl (C=O) groups excluding carboxylic acids is 1. The summed E-state index contributed by atoms with van der Waals surface area (Å²) in [6.07, 6.45) is 1.20. The van der Waals surface area contributed by atoms with E-state index in [-0.39, 0.29) is 35.0 Å². The fourth-order valence-electron chi connectivity index (χ4n) is 1.92. The fraction of sp³-hybridized carbons (Fsp3) is 0.444. The Kier molecular flexibility index (Phi) is 3.93. The Bertz CT molecular complexity index is 625. The summed E-state index contributed by atoms with van der Waals surface area (Å²) >= 11 is 11.4. The zero-order valence-electron chi connectivity index (χ0n) is 9.38. The number of anilines is 1. The largest absolute Gasteiger partial charge is 0.308 e. The van der Waals surface area contributed by atoms with Crippen LogP contribution in [0.1, 0.15) is 6.42 Å². The molecule has 1 fully saturated rings. The van der Waals surface area contributed by atoms with E-state index in [0.717, 1.165) is 0 Å².